The summed E-state index contributed by atoms with van der Waals surface area (Å²) >= 11 is 0. The van der Waals surface area contributed by atoms with E-state index in [-0.39, 0.29) is 11.3 Å². The summed E-state index contributed by atoms with van der Waals surface area (Å²) in [6.45, 7) is 2.12. The number of amides is 1. The lowest BCUT2D eigenvalue weighted by molar-refractivity contribution is -0.119. The number of nitrogens with two attached hydrogens (primary N) is 1. The lowest BCUT2D eigenvalue weighted by Gasteiger charge is -2.07. The number of sulfonamides is 1. The van der Waals surface area contributed by atoms with Crippen LogP contribution in [-0.4, -0.2) is 14.3 Å². The van der Waals surface area contributed by atoms with Crippen molar-refractivity contribution in [2.75, 3.05) is 5.73 Å². The molecular weight excluding hydrogens is 276 g/mol. The summed E-state index contributed by atoms with van der Waals surface area (Å²) in [5.41, 5.74) is 5.97. The van der Waals surface area contributed by atoms with Gasteiger partial charge in [-0.25, -0.2) is 13.1 Å². The minimum atomic E-state index is -3.78. The standard InChI is InChI=1S/C14H22N2O3S/c1-2-3-4-5-6-7-14(17)16-20(18,19)13-10-8-12(15)9-11-13/h8-11H,2-7,15H2,1H3,(H,16,17). The molecular formula is C14H22N2O3S. The van der Waals surface area contributed by atoms with Gasteiger partial charge in [0.05, 0.1) is 4.90 Å². The molecule has 112 valence electrons. The zero-order valence-electron chi connectivity index (χ0n) is 11.8. The third-order valence-electron chi connectivity index (χ3n) is 2.95. The van der Waals surface area contributed by atoms with Crippen molar-refractivity contribution >= 4 is 21.6 Å². The van der Waals surface area contributed by atoms with Gasteiger partial charge in [-0.1, -0.05) is 32.6 Å². The number of carbonyl (C=O) groups excluding carboxylic acids is 1. The van der Waals surface area contributed by atoms with Crippen LogP contribution in [0.15, 0.2) is 29.2 Å². The largest absolute Gasteiger partial charge is 0.399 e. The average molecular weight is 298 g/mol. The van der Waals surface area contributed by atoms with Gasteiger partial charge in [0.2, 0.25) is 5.91 Å². The maximum Gasteiger partial charge on any atom is 0.264 e. The number of unbranched alkanes of at least 4 members (excludes halogenated alkanes) is 4. The van der Waals surface area contributed by atoms with Crippen molar-refractivity contribution in [1.82, 2.24) is 4.72 Å². The highest BCUT2D eigenvalue weighted by Gasteiger charge is 2.16. The highest BCUT2D eigenvalue weighted by molar-refractivity contribution is 7.90. The first kappa shape index (κ1) is 16.5. The summed E-state index contributed by atoms with van der Waals surface area (Å²) in [6.07, 6.45) is 5.25. The molecule has 1 amide bonds. The summed E-state index contributed by atoms with van der Waals surface area (Å²) in [5, 5.41) is 0. The van der Waals surface area contributed by atoms with Crippen molar-refractivity contribution < 1.29 is 13.2 Å². The zero-order valence-corrected chi connectivity index (χ0v) is 12.6. The second kappa shape index (κ2) is 7.89. The molecule has 0 fully saturated rings. The van der Waals surface area contributed by atoms with E-state index < -0.39 is 15.9 Å². The van der Waals surface area contributed by atoms with Crippen LogP contribution in [0.25, 0.3) is 0 Å². The monoisotopic (exact) mass is 298 g/mol. The van der Waals surface area contributed by atoms with Gasteiger partial charge in [-0.15, -0.1) is 0 Å². The molecule has 3 N–H and O–H groups in total. The Kier molecular flexibility index (Phi) is 6.51. The Morgan fingerprint density at radius 3 is 2.30 bits per heavy atom. The van der Waals surface area contributed by atoms with Gasteiger partial charge in [0, 0.05) is 12.1 Å². The van der Waals surface area contributed by atoms with Gasteiger partial charge in [0.15, 0.2) is 0 Å². The second-order valence-electron chi connectivity index (χ2n) is 4.76. The SMILES string of the molecule is CCCCCCCC(=O)NS(=O)(=O)c1ccc(N)cc1. The molecule has 5 nitrogen and oxygen atoms in total. The van der Waals surface area contributed by atoms with Crippen LogP contribution in [0, 0.1) is 0 Å². The van der Waals surface area contributed by atoms with E-state index in [2.05, 4.69) is 11.6 Å². The van der Waals surface area contributed by atoms with Crippen molar-refractivity contribution in [3.63, 3.8) is 0 Å². The number of carbonyl (C=O) groups is 1. The Hall–Kier alpha value is -1.56. The summed E-state index contributed by atoms with van der Waals surface area (Å²) in [6, 6.07) is 5.74. The quantitative estimate of drug-likeness (QED) is 0.570. The molecule has 1 rings (SSSR count). The fourth-order valence-corrected chi connectivity index (χ4v) is 2.81. The third kappa shape index (κ3) is 5.61. The van der Waals surface area contributed by atoms with E-state index in [0.717, 1.165) is 25.7 Å². The van der Waals surface area contributed by atoms with Crippen molar-refractivity contribution in [2.45, 2.75) is 50.3 Å². The third-order valence-corrected chi connectivity index (χ3v) is 4.34. The summed E-state index contributed by atoms with van der Waals surface area (Å²) in [4.78, 5) is 11.7. The molecule has 0 bridgehead atoms. The maximum absolute atomic E-state index is 11.9. The Labute approximate surface area is 120 Å². The highest BCUT2D eigenvalue weighted by Crippen LogP contribution is 2.12. The molecule has 20 heavy (non-hydrogen) atoms. The second-order valence-corrected chi connectivity index (χ2v) is 6.44. The smallest absolute Gasteiger partial charge is 0.264 e. The number of hydrogen-bond acceptors (Lipinski definition) is 4. The predicted molar refractivity (Wildman–Crippen MR) is 79.6 cm³/mol. The average Bonchev–Trinajstić information content (AvgIpc) is 2.38. The first-order chi connectivity index (χ1) is 9.45. The predicted octanol–water partition coefficient (Wildman–Crippen LogP) is 2.43. The van der Waals surface area contributed by atoms with E-state index >= 15 is 0 Å². The molecule has 0 aliphatic carbocycles. The van der Waals surface area contributed by atoms with Crippen LogP contribution in [0.2, 0.25) is 0 Å². The minimum Gasteiger partial charge on any atom is -0.399 e. The fraction of sp³-hybridized carbons (Fsp3) is 0.500. The Morgan fingerprint density at radius 1 is 1.10 bits per heavy atom. The topological polar surface area (TPSA) is 89.3 Å². The van der Waals surface area contributed by atoms with Crippen molar-refractivity contribution in [3.05, 3.63) is 24.3 Å². The van der Waals surface area contributed by atoms with Crippen LogP contribution in [0.5, 0.6) is 0 Å². The highest BCUT2D eigenvalue weighted by atomic mass is 32.2. The number of rotatable bonds is 8. The zero-order chi connectivity index (χ0) is 15.0. The van der Waals surface area contributed by atoms with Gasteiger partial charge in [0.1, 0.15) is 0 Å². The number of nitrogen functional groups attached to an aromatic ring is 1. The molecule has 0 unspecified atom stereocenters. The molecule has 0 aromatic heterocycles. The van der Waals surface area contributed by atoms with Crippen LogP contribution < -0.4 is 10.5 Å². The molecule has 6 heteroatoms. The van der Waals surface area contributed by atoms with Crippen LogP contribution in [-0.2, 0) is 14.8 Å². The molecule has 0 heterocycles. The molecule has 1 aromatic carbocycles. The molecule has 0 saturated carbocycles. The van der Waals surface area contributed by atoms with Gasteiger partial charge in [-0.2, -0.15) is 0 Å². The van der Waals surface area contributed by atoms with Crippen LogP contribution in [0.3, 0.4) is 0 Å². The van der Waals surface area contributed by atoms with E-state index in [1.54, 1.807) is 0 Å². The summed E-state index contributed by atoms with van der Waals surface area (Å²) in [5.74, 6) is -0.460. The van der Waals surface area contributed by atoms with Gasteiger partial charge < -0.3 is 5.73 Å². The first-order valence-corrected chi connectivity index (χ1v) is 8.35. The van der Waals surface area contributed by atoms with Gasteiger partial charge in [0.25, 0.3) is 10.0 Å². The fourth-order valence-electron chi connectivity index (χ4n) is 1.80. The maximum atomic E-state index is 11.9. The molecule has 0 spiro atoms. The molecule has 0 atom stereocenters. The molecule has 0 radical (unpaired) electrons. The van der Waals surface area contributed by atoms with Gasteiger partial charge in [-0.3, -0.25) is 4.79 Å². The van der Waals surface area contributed by atoms with E-state index in [4.69, 9.17) is 5.73 Å². The van der Waals surface area contributed by atoms with Crippen LogP contribution >= 0.6 is 0 Å². The van der Waals surface area contributed by atoms with Crippen LogP contribution in [0.1, 0.15) is 45.4 Å². The number of benzene rings is 1. The molecule has 0 saturated heterocycles. The Balaban J connectivity index is 2.46. The molecule has 1 aromatic rings. The van der Waals surface area contributed by atoms with E-state index in [1.165, 1.54) is 24.3 Å². The number of anilines is 1. The van der Waals surface area contributed by atoms with Crippen molar-refractivity contribution in [1.29, 1.82) is 0 Å². The summed E-state index contributed by atoms with van der Waals surface area (Å²) in [7, 11) is -3.78. The van der Waals surface area contributed by atoms with Crippen molar-refractivity contribution in [2.24, 2.45) is 0 Å². The van der Waals surface area contributed by atoms with Gasteiger partial charge >= 0.3 is 0 Å². The van der Waals surface area contributed by atoms with E-state index in [1.807, 2.05) is 0 Å². The minimum absolute atomic E-state index is 0.0473. The van der Waals surface area contributed by atoms with E-state index in [9.17, 15) is 13.2 Å². The Bertz CT molecular complexity index is 524. The molecule has 0 aliphatic heterocycles. The number of nitrogens with one attached hydrogen (secondary N) is 1. The lowest BCUT2D eigenvalue weighted by Crippen LogP contribution is -2.30. The lowest BCUT2D eigenvalue weighted by atomic mass is 10.1. The number of hydrogen-bond donors (Lipinski definition) is 2. The summed E-state index contributed by atoms with van der Waals surface area (Å²) < 4.78 is 25.9. The first-order valence-electron chi connectivity index (χ1n) is 6.87. The Morgan fingerprint density at radius 2 is 1.70 bits per heavy atom. The normalized spacial score (nSPS) is 11.2. The van der Waals surface area contributed by atoms with Gasteiger partial charge in [-0.05, 0) is 30.7 Å². The van der Waals surface area contributed by atoms with E-state index in [0.29, 0.717) is 12.1 Å². The van der Waals surface area contributed by atoms with Crippen LogP contribution in [0.4, 0.5) is 5.69 Å². The van der Waals surface area contributed by atoms with Crippen molar-refractivity contribution in [3.8, 4) is 0 Å². The molecule has 0 aliphatic rings.